The van der Waals surface area contributed by atoms with Crippen LogP contribution in [-0.4, -0.2) is 18.1 Å². The molecule has 0 aliphatic carbocycles. The summed E-state index contributed by atoms with van der Waals surface area (Å²) in [5.74, 6) is 0.451. The largest absolute Gasteiger partial charge is 0.506 e. The molecule has 0 saturated heterocycles. The molecule has 0 bridgehead atoms. The summed E-state index contributed by atoms with van der Waals surface area (Å²) in [6.07, 6.45) is 0. The number of ether oxygens (including phenoxy) is 1. The summed E-state index contributed by atoms with van der Waals surface area (Å²) in [7, 11) is 1.55. The third-order valence-corrected chi connectivity index (χ3v) is 3.34. The lowest BCUT2D eigenvalue weighted by Gasteiger charge is -2.06. The van der Waals surface area contributed by atoms with Crippen molar-refractivity contribution in [2.75, 3.05) is 12.4 Å². The molecule has 2 aromatic rings. The number of hydrogen-bond acceptors (Lipinski definition) is 4. The van der Waals surface area contributed by atoms with Crippen molar-refractivity contribution >= 4 is 22.9 Å². The standard InChI is InChI=1S/C13H13NO3S/c1-8-3-4-10(11(15)5-8)14-13(16)12-6-9(17-2)7-18-12/h3-7,15H,1-2H3,(H,14,16). The quantitative estimate of drug-likeness (QED) is 0.837. The van der Waals surface area contributed by atoms with Gasteiger partial charge in [0.2, 0.25) is 0 Å². The van der Waals surface area contributed by atoms with Gasteiger partial charge in [0.25, 0.3) is 5.91 Å². The highest BCUT2D eigenvalue weighted by atomic mass is 32.1. The number of methoxy groups -OCH3 is 1. The van der Waals surface area contributed by atoms with Crippen LogP contribution in [0.25, 0.3) is 0 Å². The Bertz CT molecular complexity index is 577. The van der Waals surface area contributed by atoms with E-state index in [0.29, 0.717) is 16.3 Å². The monoisotopic (exact) mass is 263 g/mol. The van der Waals surface area contributed by atoms with Crippen LogP contribution >= 0.6 is 11.3 Å². The van der Waals surface area contributed by atoms with E-state index in [2.05, 4.69) is 5.32 Å². The summed E-state index contributed by atoms with van der Waals surface area (Å²) < 4.78 is 5.02. The van der Waals surface area contributed by atoms with E-state index in [0.717, 1.165) is 5.56 Å². The van der Waals surface area contributed by atoms with E-state index in [9.17, 15) is 9.90 Å². The zero-order chi connectivity index (χ0) is 13.1. The van der Waals surface area contributed by atoms with Crippen molar-refractivity contribution in [3.63, 3.8) is 0 Å². The smallest absolute Gasteiger partial charge is 0.265 e. The summed E-state index contributed by atoms with van der Waals surface area (Å²) in [4.78, 5) is 12.4. The fourth-order valence-electron chi connectivity index (χ4n) is 1.48. The number of anilines is 1. The van der Waals surface area contributed by atoms with Crippen molar-refractivity contribution in [3.05, 3.63) is 40.1 Å². The molecule has 18 heavy (non-hydrogen) atoms. The van der Waals surface area contributed by atoms with Crippen LogP contribution in [0.15, 0.2) is 29.6 Å². The van der Waals surface area contributed by atoms with Crippen LogP contribution in [-0.2, 0) is 0 Å². The SMILES string of the molecule is COc1csc(C(=O)Nc2ccc(C)cc2O)c1. The molecular formula is C13H13NO3S. The third kappa shape index (κ3) is 2.62. The van der Waals surface area contributed by atoms with Gasteiger partial charge in [-0.2, -0.15) is 0 Å². The predicted octanol–water partition coefficient (Wildman–Crippen LogP) is 3.02. The maximum absolute atomic E-state index is 11.9. The van der Waals surface area contributed by atoms with E-state index >= 15 is 0 Å². The van der Waals surface area contributed by atoms with Crippen LogP contribution in [0.5, 0.6) is 11.5 Å². The summed E-state index contributed by atoms with van der Waals surface area (Å²) in [5, 5.41) is 14.1. The molecule has 1 heterocycles. The lowest BCUT2D eigenvalue weighted by atomic mass is 10.2. The normalized spacial score (nSPS) is 10.1. The minimum atomic E-state index is -0.262. The number of hydrogen-bond donors (Lipinski definition) is 2. The zero-order valence-electron chi connectivity index (χ0n) is 10.1. The molecule has 2 rings (SSSR count). The van der Waals surface area contributed by atoms with Crippen molar-refractivity contribution < 1.29 is 14.6 Å². The number of aromatic hydroxyl groups is 1. The first-order valence-corrected chi connectivity index (χ1v) is 6.21. The number of thiophene rings is 1. The Balaban J connectivity index is 2.16. The van der Waals surface area contributed by atoms with E-state index < -0.39 is 0 Å². The number of amides is 1. The second-order valence-corrected chi connectivity index (χ2v) is 4.74. The van der Waals surface area contributed by atoms with Gasteiger partial charge in [-0.05, 0) is 24.6 Å². The number of phenols is 1. The minimum Gasteiger partial charge on any atom is -0.506 e. The zero-order valence-corrected chi connectivity index (χ0v) is 10.9. The van der Waals surface area contributed by atoms with Crippen LogP contribution in [0, 0.1) is 6.92 Å². The molecule has 0 saturated carbocycles. The fraction of sp³-hybridized carbons (Fsp3) is 0.154. The van der Waals surface area contributed by atoms with Gasteiger partial charge in [0.1, 0.15) is 11.5 Å². The number of nitrogens with one attached hydrogen (secondary N) is 1. The lowest BCUT2D eigenvalue weighted by molar-refractivity contribution is 0.103. The first-order chi connectivity index (χ1) is 8.60. The highest BCUT2D eigenvalue weighted by molar-refractivity contribution is 7.12. The van der Waals surface area contributed by atoms with Gasteiger partial charge in [-0.3, -0.25) is 4.79 Å². The van der Waals surface area contributed by atoms with Crippen molar-refractivity contribution in [1.82, 2.24) is 0 Å². The topological polar surface area (TPSA) is 58.6 Å². The van der Waals surface area contributed by atoms with Crippen LogP contribution in [0.2, 0.25) is 0 Å². The Labute approximate surface area is 109 Å². The Morgan fingerprint density at radius 1 is 1.39 bits per heavy atom. The minimum absolute atomic E-state index is 0.0619. The summed E-state index contributed by atoms with van der Waals surface area (Å²) >= 11 is 1.29. The first-order valence-electron chi connectivity index (χ1n) is 5.33. The number of rotatable bonds is 3. The van der Waals surface area contributed by atoms with E-state index in [4.69, 9.17) is 4.74 Å². The Hall–Kier alpha value is -2.01. The molecule has 0 aliphatic rings. The van der Waals surface area contributed by atoms with Crippen molar-refractivity contribution in [2.24, 2.45) is 0 Å². The molecule has 1 aromatic carbocycles. The Kier molecular flexibility index (Phi) is 3.53. The molecular weight excluding hydrogens is 250 g/mol. The average Bonchev–Trinajstić information content (AvgIpc) is 2.81. The summed E-state index contributed by atoms with van der Waals surface area (Å²) in [5.41, 5.74) is 1.33. The molecule has 0 aliphatic heterocycles. The second kappa shape index (κ2) is 5.10. The van der Waals surface area contributed by atoms with Crippen LogP contribution in [0.1, 0.15) is 15.2 Å². The van der Waals surface area contributed by atoms with Gasteiger partial charge >= 0.3 is 0 Å². The van der Waals surface area contributed by atoms with Gasteiger partial charge in [-0.1, -0.05) is 6.07 Å². The van der Waals surface area contributed by atoms with Gasteiger partial charge in [0, 0.05) is 11.4 Å². The lowest BCUT2D eigenvalue weighted by Crippen LogP contribution is -2.10. The molecule has 0 atom stereocenters. The van der Waals surface area contributed by atoms with Crippen molar-refractivity contribution in [3.8, 4) is 11.5 Å². The highest BCUT2D eigenvalue weighted by Crippen LogP contribution is 2.26. The van der Waals surface area contributed by atoms with Crippen molar-refractivity contribution in [1.29, 1.82) is 0 Å². The number of benzene rings is 1. The molecule has 94 valence electrons. The Morgan fingerprint density at radius 3 is 2.78 bits per heavy atom. The van der Waals surface area contributed by atoms with Crippen LogP contribution < -0.4 is 10.1 Å². The average molecular weight is 263 g/mol. The first kappa shape index (κ1) is 12.4. The number of carbonyl (C=O) groups excluding carboxylic acids is 1. The molecule has 0 fully saturated rings. The fourth-order valence-corrected chi connectivity index (χ4v) is 2.23. The predicted molar refractivity (Wildman–Crippen MR) is 71.7 cm³/mol. The molecule has 0 spiro atoms. The molecule has 0 radical (unpaired) electrons. The van der Waals surface area contributed by atoms with Gasteiger partial charge in [-0.25, -0.2) is 0 Å². The second-order valence-electron chi connectivity index (χ2n) is 3.83. The summed E-state index contributed by atoms with van der Waals surface area (Å²) in [6.45, 7) is 1.87. The summed E-state index contributed by atoms with van der Waals surface area (Å²) in [6, 6.07) is 6.76. The van der Waals surface area contributed by atoms with Crippen LogP contribution in [0.4, 0.5) is 5.69 Å². The molecule has 1 amide bonds. The van der Waals surface area contributed by atoms with E-state index in [1.807, 2.05) is 13.0 Å². The van der Waals surface area contributed by atoms with Gasteiger partial charge in [-0.15, -0.1) is 11.3 Å². The highest BCUT2D eigenvalue weighted by Gasteiger charge is 2.11. The molecule has 1 aromatic heterocycles. The molecule has 2 N–H and O–H groups in total. The molecule has 4 nitrogen and oxygen atoms in total. The van der Waals surface area contributed by atoms with Gasteiger partial charge in [0.15, 0.2) is 0 Å². The third-order valence-electron chi connectivity index (χ3n) is 2.44. The molecule has 5 heteroatoms. The van der Waals surface area contributed by atoms with Gasteiger partial charge in [0.05, 0.1) is 17.7 Å². The number of carbonyl (C=O) groups is 1. The van der Waals surface area contributed by atoms with Crippen LogP contribution in [0.3, 0.4) is 0 Å². The maximum atomic E-state index is 11.9. The van der Waals surface area contributed by atoms with E-state index in [1.165, 1.54) is 11.3 Å². The maximum Gasteiger partial charge on any atom is 0.265 e. The van der Waals surface area contributed by atoms with E-state index in [-0.39, 0.29) is 11.7 Å². The Morgan fingerprint density at radius 2 is 2.17 bits per heavy atom. The molecule has 0 unspecified atom stereocenters. The van der Waals surface area contributed by atoms with Crippen molar-refractivity contribution in [2.45, 2.75) is 6.92 Å². The van der Waals surface area contributed by atoms with E-state index in [1.54, 1.807) is 30.7 Å². The van der Waals surface area contributed by atoms with Gasteiger partial charge < -0.3 is 15.2 Å². The number of aryl methyl sites for hydroxylation is 1. The number of phenolic OH excluding ortho intramolecular Hbond substituents is 1.